The first kappa shape index (κ1) is 18.5. The van der Waals surface area contributed by atoms with Crippen LogP contribution in [0.3, 0.4) is 0 Å². The number of rotatable bonds is 5. The topological polar surface area (TPSA) is 27.3 Å². The van der Waals surface area contributed by atoms with Crippen LogP contribution in [0.2, 0.25) is 0 Å². The second-order valence-corrected chi connectivity index (χ2v) is 7.27. The third-order valence-corrected chi connectivity index (χ3v) is 5.67. The number of anilines is 1. The Labute approximate surface area is 166 Å². The molecule has 3 aromatic carbocycles. The summed E-state index contributed by atoms with van der Waals surface area (Å²) in [5, 5.41) is 11.9. The van der Waals surface area contributed by atoms with Crippen LogP contribution in [0.1, 0.15) is 12.5 Å². The lowest BCUT2D eigenvalue weighted by molar-refractivity contribution is -0.617. The van der Waals surface area contributed by atoms with Crippen molar-refractivity contribution in [2.45, 2.75) is 13.8 Å². The van der Waals surface area contributed by atoms with Gasteiger partial charge < -0.3 is 10.0 Å². The van der Waals surface area contributed by atoms with E-state index in [1.54, 1.807) is 0 Å². The van der Waals surface area contributed by atoms with Gasteiger partial charge in [0.1, 0.15) is 7.05 Å². The number of fused-ring (bicyclic) bond motifs is 2. The van der Waals surface area contributed by atoms with Gasteiger partial charge in [-0.1, -0.05) is 30.3 Å². The van der Waals surface area contributed by atoms with Crippen molar-refractivity contribution < 1.29 is 9.67 Å². The highest BCUT2D eigenvalue weighted by Gasteiger charge is 2.19. The maximum atomic E-state index is 9.35. The number of aliphatic hydroxyl groups is 1. The lowest BCUT2D eigenvalue weighted by Crippen LogP contribution is -2.30. The minimum Gasteiger partial charge on any atom is -0.395 e. The van der Waals surface area contributed by atoms with Crippen LogP contribution in [0.5, 0.6) is 0 Å². The lowest BCUT2D eigenvalue weighted by atomic mass is 9.92. The number of aliphatic hydroxyl groups excluding tert-OH is 1. The molecule has 0 saturated carbocycles. The highest BCUT2D eigenvalue weighted by molar-refractivity contribution is 6.07. The molecule has 142 valence electrons. The van der Waals surface area contributed by atoms with E-state index < -0.39 is 0 Å². The highest BCUT2D eigenvalue weighted by atomic mass is 16.3. The minimum atomic E-state index is 0.166. The van der Waals surface area contributed by atoms with Crippen molar-refractivity contribution in [2.24, 2.45) is 7.05 Å². The second kappa shape index (κ2) is 7.61. The molecular formula is C25H27N2O+. The van der Waals surface area contributed by atoms with E-state index in [2.05, 4.69) is 97.1 Å². The van der Waals surface area contributed by atoms with Crippen LogP contribution in [0, 0.1) is 6.92 Å². The molecule has 28 heavy (non-hydrogen) atoms. The van der Waals surface area contributed by atoms with E-state index in [4.69, 9.17) is 0 Å². The van der Waals surface area contributed by atoms with E-state index in [1.165, 1.54) is 38.5 Å². The standard InChI is InChI=1S/C25H27N2O/c1-4-27(15-16-28)19-13-14-20(18(2)17-19)25-21-9-5-7-11-23(21)26(3)24-12-8-6-10-22(24)25/h5-14,17,28H,4,15-16H2,1-3H3/q+1. The molecule has 3 heteroatoms. The molecule has 0 spiro atoms. The van der Waals surface area contributed by atoms with Crippen LogP contribution in [-0.4, -0.2) is 24.8 Å². The van der Waals surface area contributed by atoms with E-state index >= 15 is 0 Å². The highest BCUT2D eigenvalue weighted by Crippen LogP contribution is 2.36. The summed E-state index contributed by atoms with van der Waals surface area (Å²) in [6, 6.07) is 23.9. The maximum absolute atomic E-state index is 9.35. The first-order chi connectivity index (χ1) is 13.7. The van der Waals surface area contributed by atoms with Gasteiger partial charge in [-0.05, 0) is 49.2 Å². The Bertz CT molecular complexity index is 1090. The Morgan fingerprint density at radius 2 is 1.50 bits per heavy atom. The monoisotopic (exact) mass is 371 g/mol. The first-order valence-electron chi connectivity index (χ1n) is 9.92. The Kier molecular flexibility index (Phi) is 5.01. The number of hydrogen-bond donors (Lipinski definition) is 1. The van der Waals surface area contributed by atoms with Crippen molar-refractivity contribution in [1.29, 1.82) is 0 Å². The van der Waals surface area contributed by atoms with Gasteiger partial charge in [-0.2, -0.15) is 4.57 Å². The molecular weight excluding hydrogens is 344 g/mol. The molecule has 1 aromatic heterocycles. The van der Waals surface area contributed by atoms with E-state index in [1.807, 2.05) is 0 Å². The Hall–Kier alpha value is -2.91. The van der Waals surface area contributed by atoms with Gasteiger partial charge in [-0.25, -0.2) is 0 Å². The van der Waals surface area contributed by atoms with Crippen molar-refractivity contribution in [3.8, 4) is 11.1 Å². The van der Waals surface area contributed by atoms with Gasteiger partial charge in [0.05, 0.1) is 17.4 Å². The van der Waals surface area contributed by atoms with Gasteiger partial charge in [-0.15, -0.1) is 0 Å². The summed E-state index contributed by atoms with van der Waals surface area (Å²) in [4.78, 5) is 2.21. The summed E-state index contributed by atoms with van der Waals surface area (Å²) in [6.07, 6.45) is 0. The Morgan fingerprint density at radius 3 is 2.04 bits per heavy atom. The second-order valence-electron chi connectivity index (χ2n) is 7.27. The fourth-order valence-corrected chi connectivity index (χ4v) is 4.24. The maximum Gasteiger partial charge on any atom is 0.213 e. The summed E-state index contributed by atoms with van der Waals surface area (Å²) in [7, 11) is 2.14. The summed E-state index contributed by atoms with van der Waals surface area (Å²) in [5.41, 5.74) is 7.42. The average Bonchev–Trinajstić information content (AvgIpc) is 2.73. The summed E-state index contributed by atoms with van der Waals surface area (Å²) < 4.78 is 2.28. The first-order valence-corrected chi connectivity index (χ1v) is 9.92. The molecule has 0 fully saturated rings. The average molecular weight is 372 g/mol. The third-order valence-electron chi connectivity index (χ3n) is 5.67. The third kappa shape index (κ3) is 3.02. The predicted octanol–water partition coefficient (Wildman–Crippen LogP) is 4.61. The summed E-state index contributed by atoms with van der Waals surface area (Å²) in [6.45, 7) is 6.01. The van der Waals surface area contributed by atoms with Crippen molar-refractivity contribution in [1.82, 2.24) is 0 Å². The molecule has 0 aliphatic heterocycles. The molecule has 1 heterocycles. The predicted molar refractivity (Wildman–Crippen MR) is 118 cm³/mol. The van der Waals surface area contributed by atoms with Gasteiger partial charge in [-0.3, -0.25) is 0 Å². The Balaban J connectivity index is 2.00. The molecule has 1 N–H and O–H groups in total. The fraction of sp³-hybridized carbons (Fsp3) is 0.240. The van der Waals surface area contributed by atoms with Crippen LogP contribution < -0.4 is 9.47 Å². The molecule has 4 rings (SSSR count). The van der Waals surface area contributed by atoms with Crippen LogP contribution in [0.25, 0.3) is 32.9 Å². The molecule has 0 aliphatic carbocycles. The molecule has 0 bridgehead atoms. The molecule has 0 unspecified atom stereocenters. The van der Waals surface area contributed by atoms with Crippen molar-refractivity contribution in [2.75, 3.05) is 24.6 Å². The molecule has 0 aliphatic rings. The van der Waals surface area contributed by atoms with E-state index in [9.17, 15) is 5.11 Å². The molecule has 0 saturated heterocycles. The zero-order valence-electron chi connectivity index (χ0n) is 16.8. The molecule has 0 radical (unpaired) electrons. The van der Waals surface area contributed by atoms with Crippen LogP contribution in [-0.2, 0) is 7.05 Å². The number of pyridine rings is 1. The fourth-order valence-electron chi connectivity index (χ4n) is 4.24. The molecule has 3 nitrogen and oxygen atoms in total. The number of benzene rings is 3. The minimum absolute atomic E-state index is 0.166. The molecule has 4 aromatic rings. The van der Waals surface area contributed by atoms with Crippen molar-refractivity contribution in [3.05, 3.63) is 72.3 Å². The quantitative estimate of drug-likeness (QED) is 0.410. The van der Waals surface area contributed by atoms with Gasteiger partial charge in [0, 0.05) is 36.5 Å². The van der Waals surface area contributed by atoms with E-state index in [-0.39, 0.29) is 6.61 Å². The van der Waals surface area contributed by atoms with Gasteiger partial charge in [0.15, 0.2) is 0 Å². The van der Waals surface area contributed by atoms with Crippen molar-refractivity contribution >= 4 is 27.5 Å². The number of aryl methyl sites for hydroxylation is 2. The van der Waals surface area contributed by atoms with Gasteiger partial charge in [0.2, 0.25) is 11.0 Å². The number of nitrogens with zero attached hydrogens (tertiary/aromatic N) is 2. The lowest BCUT2D eigenvalue weighted by Gasteiger charge is -2.23. The molecule has 0 atom stereocenters. The number of para-hydroxylation sites is 2. The van der Waals surface area contributed by atoms with Gasteiger partial charge >= 0.3 is 0 Å². The zero-order chi connectivity index (χ0) is 19.7. The smallest absolute Gasteiger partial charge is 0.213 e. The van der Waals surface area contributed by atoms with Crippen LogP contribution in [0.15, 0.2) is 66.7 Å². The van der Waals surface area contributed by atoms with Crippen LogP contribution in [0.4, 0.5) is 5.69 Å². The van der Waals surface area contributed by atoms with Crippen molar-refractivity contribution in [3.63, 3.8) is 0 Å². The Morgan fingerprint density at radius 1 is 0.893 bits per heavy atom. The summed E-state index contributed by atoms with van der Waals surface area (Å²) >= 11 is 0. The number of hydrogen-bond acceptors (Lipinski definition) is 2. The van der Waals surface area contributed by atoms with Gasteiger partial charge in [0.25, 0.3) is 0 Å². The van der Waals surface area contributed by atoms with E-state index in [0.717, 1.165) is 12.2 Å². The summed E-state index contributed by atoms with van der Waals surface area (Å²) in [5.74, 6) is 0. The molecule has 0 amide bonds. The SMILES string of the molecule is CCN(CCO)c1ccc(-c2c3ccccc3[n+](C)c3ccccc23)c(C)c1. The normalized spacial score (nSPS) is 11.3. The largest absolute Gasteiger partial charge is 0.395 e. The number of likely N-dealkylation sites (N-methyl/N-ethyl adjacent to an activating group) is 1. The van der Waals surface area contributed by atoms with E-state index in [0.29, 0.717) is 6.54 Å². The van der Waals surface area contributed by atoms with Crippen LogP contribution >= 0.6 is 0 Å². The number of aromatic nitrogens is 1. The zero-order valence-corrected chi connectivity index (χ0v) is 16.8.